The Bertz CT molecular complexity index is 1090. The van der Waals surface area contributed by atoms with E-state index < -0.39 is 47.8 Å². The number of urea groups is 1. The van der Waals surface area contributed by atoms with Gasteiger partial charge in [-0.05, 0) is 48.9 Å². The fraction of sp³-hybridized carbons (Fsp3) is 0.806. The van der Waals surface area contributed by atoms with Gasteiger partial charge in [0.15, 0.2) is 5.78 Å². The zero-order valence-electron chi connectivity index (χ0n) is 25.6. The van der Waals surface area contributed by atoms with Gasteiger partial charge in [-0.15, -0.1) is 0 Å². The number of fused-ring (bicyclic) bond motifs is 3. The maximum absolute atomic E-state index is 14.1. The van der Waals surface area contributed by atoms with E-state index in [4.69, 9.17) is 5.73 Å². The third-order valence-corrected chi connectivity index (χ3v) is 9.96. The van der Waals surface area contributed by atoms with Gasteiger partial charge in [0.25, 0.3) is 5.91 Å². The summed E-state index contributed by atoms with van der Waals surface area (Å²) in [6.45, 7) is 8.28. The van der Waals surface area contributed by atoms with Gasteiger partial charge in [0, 0.05) is 12.5 Å². The standard InChI is InChI=1S/C31H49N5O6/c1-17(2)23(25(37)18-14-15-18)35-30(42)34-21-13-11-9-7-5-6-8-10-12-20(26(38)27(32)39)33-28(40)24-22-19(31(22,3)4)16-36(24)29(21)41/h17-24H,5-16H2,1-4H3,(H2,32,39)(H,33,40)(H2,34,35,42)/t19-,20+,21+,22-,23-,24-/m0/s1. The van der Waals surface area contributed by atoms with Gasteiger partial charge >= 0.3 is 6.03 Å². The van der Waals surface area contributed by atoms with E-state index in [-0.39, 0.29) is 40.8 Å². The first-order valence-corrected chi connectivity index (χ1v) is 15.9. The smallest absolute Gasteiger partial charge is 0.316 e. The molecule has 42 heavy (non-hydrogen) atoms. The largest absolute Gasteiger partial charge is 0.363 e. The fourth-order valence-corrected chi connectivity index (χ4v) is 7.08. The highest BCUT2D eigenvalue weighted by atomic mass is 16.2. The second kappa shape index (κ2) is 13.1. The Kier molecular flexibility index (Phi) is 9.98. The summed E-state index contributed by atoms with van der Waals surface area (Å²) in [6.07, 6.45) is 8.51. The number of Topliss-reactive ketones (excluding diaryl/α,β-unsaturated/α-hetero) is 2. The molecule has 0 spiro atoms. The number of carbonyl (C=O) groups is 6. The van der Waals surface area contributed by atoms with E-state index in [0.717, 1.165) is 51.4 Å². The number of primary amides is 1. The van der Waals surface area contributed by atoms with Crippen molar-refractivity contribution >= 4 is 35.3 Å². The minimum atomic E-state index is -1.09. The summed E-state index contributed by atoms with van der Waals surface area (Å²) in [4.78, 5) is 79.7. The van der Waals surface area contributed by atoms with Crippen molar-refractivity contribution in [3.05, 3.63) is 0 Å². The average molecular weight is 588 g/mol. The number of piperidine rings is 1. The quantitative estimate of drug-likeness (QED) is 0.333. The minimum absolute atomic E-state index is 0.00816. The van der Waals surface area contributed by atoms with E-state index >= 15 is 0 Å². The molecule has 4 rings (SSSR count). The molecule has 0 aromatic carbocycles. The Balaban J connectivity index is 1.55. The van der Waals surface area contributed by atoms with Gasteiger partial charge in [-0.25, -0.2) is 4.79 Å². The summed E-state index contributed by atoms with van der Waals surface area (Å²) >= 11 is 0. The van der Waals surface area contributed by atoms with E-state index in [9.17, 15) is 28.8 Å². The van der Waals surface area contributed by atoms with Crippen molar-refractivity contribution < 1.29 is 28.8 Å². The molecular formula is C31H49N5O6. The molecule has 0 radical (unpaired) electrons. The molecule has 11 heteroatoms. The number of carbonyl (C=O) groups excluding carboxylic acids is 6. The minimum Gasteiger partial charge on any atom is -0.363 e. The lowest BCUT2D eigenvalue weighted by molar-refractivity contribution is -0.143. The predicted molar refractivity (Wildman–Crippen MR) is 156 cm³/mol. The van der Waals surface area contributed by atoms with Crippen molar-refractivity contribution in [1.82, 2.24) is 20.9 Å². The number of nitrogens with one attached hydrogen (secondary N) is 3. The summed E-state index contributed by atoms with van der Waals surface area (Å²) in [5.74, 6) is -2.78. The summed E-state index contributed by atoms with van der Waals surface area (Å²) in [6, 6.07) is -3.90. The van der Waals surface area contributed by atoms with Crippen molar-refractivity contribution in [2.75, 3.05) is 6.54 Å². The first kappa shape index (κ1) is 31.9. The van der Waals surface area contributed by atoms with Crippen molar-refractivity contribution in [1.29, 1.82) is 0 Å². The number of hydrogen-bond donors (Lipinski definition) is 4. The molecule has 2 saturated carbocycles. The molecule has 4 fully saturated rings. The molecular weight excluding hydrogens is 538 g/mol. The van der Waals surface area contributed by atoms with Crippen LogP contribution in [-0.2, 0) is 24.0 Å². The van der Waals surface area contributed by atoms with Crippen molar-refractivity contribution in [2.45, 2.75) is 122 Å². The number of rotatable bonds is 7. The predicted octanol–water partition coefficient (Wildman–Crippen LogP) is 2.20. The third kappa shape index (κ3) is 7.14. The lowest BCUT2D eigenvalue weighted by Gasteiger charge is -2.34. The third-order valence-electron chi connectivity index (χ3n) is 9.96. The molecule has 0 aromatic rings. The van der Waals surface area contributed by atoms with E-state index in [1.54, 1.807) is 4.90 Å². The Labute approximate surface area is 248 Å². The fourth-order valence-electron chi connectivity index (χ4n) is 7.08. The van der Waals surface area contributed by atoms with Gasteiger partial charge < -0.3 is 26.6 Å². The van der Waals surface area contributed by atoms with Crippen LogP contribution in [0, 0.1) is 29.1 Å². The maximum atomic E-state index is 14.1. The van der Waals surface area contributed by atoms with E-state index in [1.165, 1.54) is 0 Å². The lowest BCUT2D eigenvalue weighted by Crippen LogP contribution is -2.59. The van der Waals surface area contributed by atoms with E-state index in [0.29, 0.717) is 25.8 Å². The molecule has 0 unspecified atom stereocenters. The topological polar surface area (TPSA) is 168 Å². The van der Waals surface area contributed by atoms with Crippen LogP contribution < -0.4 is 21.7 Å². The van der Waals surface area contributed by atoms with Gasteiger partial charge in [-0.2, -0.15) is 0 Å². The second-order valence-electron chi connectivity index (χ2n) is 13.8. The first-order valence-electron chi connectivity index (χ1n) is 15.9. The number of hydrogen-bond acceptors (Lipinski definition) is 6. The van der Waals surface area contributed by atoms with E-state index in [1.807, 2.05) is 13.8 Å². The monoisotopic (exact) mass is 587 g/mol. The van der Waals surface area contributed by atoms with Crippen LogP contribution in [0.2, 0.25) is 0 Å². The van der Waals surface area contributed by atoms with Gasteiger partial charge in [-0.3, -0.25) is 24.0 Å². The van der Waals surface area contributed by atoms with Crippen LogP contribution in [0.4, 0.5) is 4.79 Å². The highest BCUT2D eigenvalue weighted by Gasteiger charge is 2.69. The molecule has 0 bridgehead atoms. The molecule has 2 saturated heterocycles. The van der Waals surface area contributed by atoms with Crippen LogP contribution in [0.1, 0.15) is 98.3 Å². The molecule has 6 atom stereocenters. The van der Waals surface area contributed by atoms with Crippen LogP contribution in [-0.4, -0.2) is 70.9 Å². The number of ketones is 2. The van der Waals surface area contributed by atoms with Crippen LogP contribution in [0.15, 0.2) is 0 Å². The Hall–Kier alpha value is -2.98. The Morgan fingerprint density at radius 2 is 1.52 bits per heavy atom. The lowest BCUT2D eigenvalue weighted by atomic mass is 9.96. The van der Waals surface area contributed by atoms with Gasteiger partial charge in [-0.1, -0.05) is 72.6 Å². The summed E-state index contributed by atoms with van der Waals surface area (Å²) in [5, 5.41) is 8.44. The van der Waals surface area contributed by atoms with Crippen molar-refractivity contribution in [2.24, 2.45) is 34.8 Å². The molecule has 5 N–H and O–H groups in total. The molecule has 2 aliphatic carbocycles. The Morgan fingerprint density at radius 3 is 2.10 bits per heavy atom. The van der Waals surface area contributed by atoms with Crippen molar-refractivity contribution in [3.63, 3.8) is 0 Å². The molecule has 4 aliphatic rings. The highest BCUT2D eigenvalue weighted by Crippen LogP contribution is 2.65. The number of nitrogens with zero attached hydrogens (tertiary/aromatic N) is 1. The summed E-state index contributed by atoms with van der Waals surface area (Å²) in [5.41, 5.74) is 5.15. The van der Waals surface area contributed by atoms with Gasteiger partial charge in [0.1, 0.15) is 12.1 Å². The van der Waals surface area contributed by atoms with Crippen LogP contribution >= 0.6 is 0 Å². The van der Waals surface area contributed by atoms with Gasteiger partial charge in [0.2, 0.25) is 17.6 Å². The Morgan fingerprint density at radius 1 is 0.929 bits per heavy atom. The molecule has 234 valence electrons. The summed E-state index contributed by atoms with van der Waals surface area (Å²) < 4.78 is 0. The zero-order chi connectivity index (χ0) is 30.8. The maximum Gasteiger partial charge on any atom is 0.316 e. The van der Waals surface area contributed by atoms with Crippen molar-refractivity contribution in [3.8, 4) is 0 Å². The van der Waals surface area contributed by atoms with E-state index in [2.05, 4.69) is 29.8 Å². The molecule has 2 heterocycles. The molecule has 0 aromatic heterocycles. The number of nitrogens with two attached hydrogens (primary N) is 1. The average Bonchev–Trinajstić information content (AvgIpc) is 3.81. The SMILES string of the molecule is CC(C)[C@H](NC(=O)N[C@@H]1CCCCCCCCC[C@H](C(=O)C(N)=O)NC(=O)[C@@H]2[C@@H]3[C@H](CN2C1=O)C3(C)C)C(=O)C1CC1. The summed E-state index contributed by atoms with van der Waals surface area (Å²) in [7, 11) is 0. The second-order valence-corrected chi connectivity index (χ2v) is 13.8. The molecule has 11 nitrogen and oxygen atoms in total. The van der Waals surface area contributed by atoms with Gasteiger partial charge in [0.05, 0.1) is 12.1 Å². The van der Waals surface area contributed by atoms with Crippen LogP contribution in [0.3, 0.4) is 0 Å². The normalized spacial score (nSPS) is 30.9. The number of amides is 5. The molecule has 2 aliphatic heterocycles. The van der Waals surface area contributed by atoms with Crippen LogP contribution in [0.25, 0.3) is 0 Å². The highest BCUT2D eigenvalue weighted by molar-refractivity contribution is 6.37. The zero-order valence-corrected chi connectivity index (χ0v) is 25.6. The molecule has 5 amide bonds. The van der Waals surface area contributed by atoms with Crippen LogP contribution in [0.5, 0.6) is 0 Å². The first-order chi connectivity index (χ1) is 19.8.